The number of piperazine rings is 1. The third kappa shape index (κ3) is 4.14. The quantitative estimate of drug-likeness (QED) is 0.440. The Morgan fingerprint density at radius 2 is 1.65 bits per heavy atom. The van der Waals surface area contributed by atoms with Crippen LogP contribution in [0.3, 0.4) is 0 Å². The summed E-state index contributed by atoms with van der Waals surface area (Å²) in [7, 11) is 0. The molecular formula is C24H29N5O2. The summed E-state index contributed by atoms with van der Waals surface area (Å²) in [5, 5.41) is 10.9. The molecule has 31 heavy (non-hydrogen) atoms. The first-order valence-electron chi connectivity index (χ1n) is 11.4. The van der Waals surface area contributed by atoms with Gasteiger partial charge >= 0.3 is 0 Å². The van der Waals surface area contributed by atoms with E-state index in [1.54, 1.807) is 12.1 Å². The maximum atomic E-state index is 10.9. The number of para-hydroxylation sites is 2. The molecule has 1 aromatic heterocycles. The number of hydrogen-bond acceptors (Lipinski definition) is 5. The van der Waals surface area contributed by atoms with E-state index in [1.165, 1.54) is 43.4 Å². The van der Waals surface area contributed by atoms with Gasteiger partial charge in [0.15, 0.2) is 0 Å². The van der Waals surface area contributed by atoms with Crippen LogP contribution in [0.4, 0.5) is 11.4 Å². The second kappa shape index (κ2) is 8.67. The molecular weight excluding hydrogens is 390 g/mol. The average Bonchev–Trinajstić information content (AvgIpc) is 3.18. The molecule has 1 saturated heterocycles. The van der Waals surface area contributed by atoms with E-state index < -0.39 is 0 Å². The van der Waals surface area contributed by atoms with Crippen molar-refractivity contribution >= 4 is 22.4 Å². The normalized spacial score (nSPS) is 18.5. The zero-order valence-corrected chi connectivity index (χ0v) is 17.8. The molecule has 5 rings (SSSR count). The Hall–Kier alpha value is -2.93. The van der Waals surface area contributed by atoms with Gasteiger partial charge in [0.1, 0.15) is 5.82 Å². The molecule has 0 bridgehead atoms. The van der Waals surface area contributed by atoms with Crippen molar-refractivity contribution in [1.82, 2.24) is 14.5 Å². The third-order valence-electron chi connectivity index (χ3n) is 6.77. The largest absolute Gasteiger partial charge is 0.369 e. The predicted octanol–water partition coefficient (Wildman–Crippen LogP) is 4.77. The van der Waals surface area contributed by atoms with Gasteiger partial charge in [0.25, 0.3) is 5.69 Å². The fourth-order valence-electron chi connectivity index (χ4n) is 5.10. The highest BCUT2D eigenvalue weighted by Gasteiger charge is 2.24. The fourth-order valence-corrected chi connectivity index (χ4v) is 5.10. The first kappa shape index (κ1) is 20.0. The number of nitrogens with zero attached hydrogens (tertiary/aromatic N) is 5. The van der Waals surface area contributed by atoms with Crippen LogP contribution in [0.2, 0.25) is 0 Å². The first-order chi connectivity index (χ1) is 15.2. The number of nitro groups is 1. The van der Waals surface area contributed by atoms with Crippen LogP contribution in [-0.4, -0.2) is 45.6 Å². The Labute approximate surface area is 182 Å². The van der Waals surface area contributed by atoms with Gasteiger partial charge in [0.05, 0.1) is 22.5 Å². The van der Waals surface area contributed by atoms with Crippen LogP contribution in [0.25, 0.3) is 11.0 Å². The summed E-state index contributed by atoms with van der Waals surface area (Å²) in [5.74, 6) is 1.19. The van der Waals surface area contributed by atoms with E-state index >= 15 is 0 Å². The number of anilines is 1. The van der Waals surface area contributed by atoms with Crippen LogP contribution >= 0.6 is 0 Å². The number of hydrogen-bond donors (Lipinski definition) is 0. The fraction of sp³-hybridized carbons (Fsp3) is 0.458. The Bertz CT molecular complexity index is 1050. The highest BCUT2D eigenvalue weighted by atomic mass is 16.6. The van der Waals surface area contributed by atoms with Gasteiger partial charge in [-0.05, 0) is 37.1 Å². The summed E-state index contributed by atoms with van der Waals surface area (Å²) < 4.78 is 2.52. The van der Waals surface area contributed by atoms with Crippen LogP contribution in [-0.2, 0) is 6.54 Å². The van der Waals surface area contributed by atoms with Crippen LogP contribution in [0.1, 0.15) is 44.0 Å². The Morgan fingerprint density at radius 1 is 0.935 bits per heavy atom. The second-order valence-corrected chi connectivity index (χ2v) is 8.72. The lowest BCUT2D eigenvalue weighted by molar-refractivity contribution is -0.384. The van der Waals surface area contributed by atoms with Gasteiger partial charge in [-0.25, -0.2) is 4.98 Å². The lowest BCUT2D eigenvalue weighted by Crippen LogP contribution is -2.46. The van der Waals surface area contributed by atoms with Gasteiger partial charge in [-0.3, -0.25) is 15.0 Å². The Kier molecular flexibility index (Phi) is 5.59. The molecule has 1 aliphatic heterocycles. The molecule has 0 radical (unpaired) electrons. The van der Waals surface area contributed by atoms with Gasteiger partial charge in [-0.2, -0.15) is 0 Å². The molecule has 7 nitrogen and oxygen atoms in total. The number of non-ortho nitro benzene ring substituents is 1. The number of nitro benzene ring substituents is 1. The standard InChI is InChI=1S/C24H29N5O2/c30-29(31)21-12-10-19(11-13-21)27-16-14-26(15-17-27)18-24-25-22-8-4-5-9-23(22)28(24)20-6-2-1-3-7-20/h4-5,8-13,20H,1-3,6-7,14-18H2. The molecule has 2 heterocycles. The molecule has 0 N–H and O–H groups in total. The second-order valence-electron chi connectivity index (χ2n) is 8.72. The van der Waals surface area contributed by atoms with Crippen molar-refractivity contribution < 1.29 is 4.92 Å². The van der Waals surface area contributed by atoms with E-state index in [2.05, 4.69) is 38.6 Å². The van der Waals surface area contributed by atoms with Crippen molar-refractivity contribution in [2.75, 3.05) is 31.1 Å². The summed E-state index contributed by atoms with van der Waals surface area (Å²) in [4.78, 5) is 20.4. The molecule has 162 valence electrons. The SMILES string of the molecule is O=[N+]([O-])c1ccc(N2CCN(Cc3nc4ccccc4n3C3CCCCC3)CC2)cc1. The summed E-state index contributed by atoms with van der Waals surface area (Å²) in [6.07, 6.45) is 6.47. The Balaban J connectivity index is 1.29. The summed E-state index contributed by atoms with van der Waals surface area (Å²) in [5.41, 5.74) is 3.57. The van der Waals surface area contributed by atoms with Crippen molar-refractivity contribution in [3.63, 3.8) is 0 Å². The van der Waals surface area contributed by atoms with Crippen molar-refractivity contribution in [3.05, 3.63) is 64.5 Å². The highest BCUT2D eigenvalue weighted by Crippen LogP contribution is 2.33. The van der Waals surface area contributed by atoms with Crippen LogP contribution < -0.4 is 4.90 Å². The maximum Gasteiger partial charge on any atom is 0.269 e. The van der Waals surface area contributed by atoms with E-state index in [9.17, 15) is 10.1 Å². The average molecular weight is 420 g/mol. The number of fused-ring (bicyclic) bond motifs is 1. The molecule has 2 fully saturated rings. The molecule has 1 aliphatic carbocycles. The maximum absolute atomic E-state index is 10.9. The number of imidazole rings is 1. The molecule has 1 saturated carbocycles. The molecule has 0 amide bonds. The van der Waals surface area contributed by atoms with E-state index in [4.69, 9.17) is 4.98 Å². The molecule has 0 unspecified atom stereocenters. The lowest BCUT2D eigenvalue weighted by atomic mass is 9.95. The van der Waals surface area contributed by atoms with Crippen molar-refractivity contribution in [2.24, 2.45) is 0 Å². The van der Waals surface area contributed by atoms with E-state index in [-0.39, 0.29) is 10.6 Å². The van der Waals surface area contributed by atoms with Crippen molar-refractivity contribution in [2.45, 2.75) is 44.7 Å². The van der Waals surface area contributed by atoms with Gasteiger partial charge in [-0.15, -0.1) is 0 Å². The molecule has 3 aromatic rings. The highest BCUT2D eigenvalue weighted by molar-refractivity contribution is 5.76. The van der Waals surface area contributed by atoms with E-state index in [1.807, 2.05) is 12.1 Å². The van der Waals surface area contributed by atoms with Crippen LogP contribution in [0, 0.1) is 10.1 Å². The van der Waals surface area contributed by atoms with E-state index in [0.29, 0.717) is 6.04 Å². The Morgan fingerprint density at radius 3 is 2.35 bits per heavy atom. The number of benzene rings is 2. The summed E-state index contributed by atoms with van der Waals surface area (Å²) in [6, 6.07) is 16.0. The predicted molar refractivity (Wildman–Crippen MR) is 122 cm³/mol. The van der Waals surface area contributed by atoms with E-state index in [0.717, 1.165) is 43.9 Å². The van der Waals surface area contributed by atoms with Gasteiger partial charge < -0.3 is 9.47 Å². The van der Waals surface area contributed by atoms with Crippen molar-refractivity contribution in [3.8, 4) is 0 Å². The molecule has 0 spiro atoms. The minimum Gasteiger partial charge on any atom is -0.369 e. The molecule has 2 aromatic carbocycles. The molecule has 0 atom stereocenters. The smallest absolute Gasteiger partial charge is 0.269 e. The monoisotopic (exact) mass is 419 g/mol. The first-order valence-corrected chi connectivity index (χ1v) is 11.4. The molecule has 2 aliphatic rings. The zero-order chi connectivity index (χ0) is 21.2. The zero-order valence-electron chi connectivity index (χ0n) is 17.8. The number of aromatic nitrogens is 2. The van der Waals surface area contributed by atoms with Crippen LogP contribution in [0.5, 0.6) is 0 Å². The van der Waals surface area contributed by atoms with Gasteiger partial charge in [0, 0.05) is 50.0 Å². The lowest BCUT2D eigenvalue weighted by Gasteiger charge is -2.36. The third-order valence-corrected chi connectivity index (χ3v) is 6.77. The topological polar surface area (TPSA) is 67.4 Å². The minimum absolute atomic E-state index is 0.143. The van der Waals surface area contributed by atoms with Gasteiger partial charge in [0.2, 0.25) is 0 Å². The van der Waals surface area contributed by atoms with Crippen molar-refractivity contribution in [1.29, 1.82) is 0 Å². The minimum atomic E-state index is -0.347. The number of rotatable bonds is 5. The summed E-state index contributed by atoms with van der Waals surface area (Å²) in [6.45, 7) is 4.64. The van der Waals surface area contributed by atoms with Crippen LogP contribution in [0.15, 0.2) is 48.5 Å². The van der Waals surface area contributed by atoms with Gasteiger partial charge in [-0.1, -0.05) is 31.4 Å². The summed E-state index contributed by atoms with van der Waals surface area (Å²) >= 11 is 0. The molecule has 7 heteroatoms.